The zero-order valence-electron chi connectivity index (χ0n) is 11.1. The number of nitrogens with zero attached hydrogens (tertiary/aromatic N) is 2. The summed E-state index contributed by atoms with van der Waals surface area (Å²) in [7, 11) is 3.18. The molecule has 0 unspecified atom stereocenters. The summed E-state index contributed by atoms with van der Waals surface area (Å²) in [5.41, 5.74) is 6.80. The van der Waals surface area contributed by atoms with E-state index in [0.717, 1.165) is 6.42 Å². The number of anilines is 2. The number of nitrogen functional groups attached to an aromatic ring is 1. The number of carbonyl (C=O) groups is 1. The smallest absolute Gasteiger partial charge is 0.241 e. The van der Waals surface area contributed by atoms with Crippen molar-refractivity contribution in [2.75, 3.05) is 44.4 Å². The minimum Gasteiger partial charge on any atom is -0.494 e. The molecule has 0 bridgehead atoms. The van der Waals surface area contributed by atoms with E-state index >= 15 is 0 Å². The van der Waals surface area contributed by atoms with Gasteiger partial charge in [-0.3, -0.25) is 4.79 Å². The van der Waals surface area contributed by atoms with Crippen LogP contribution in [0.25, 0.3) is 0 Å². The van der Waals surface area contributed by atoms with Crippen LogP contribution >= 0.6 is 0 Å². The van der Waals surface area contributed by atoms with Gasteiger partial charge in [0, 0.05) is 32.3 Å². The Morgan fingerprint density at radius 3 is 2.79 bits per heavy atom. The number of benzene rings is 1. The van der Waals surface area contributed by atoms with Gasteiger partial charge in [0.1, 0.15) is 0 Å². The van der Waals surface area contributed by atoms with E-state index in [4.69, 9.17) is 10.5 Å². The van der Waals surface area contributed by atoms with Gasteiger partial charge in [0.25, 0.3) is 0 Å². The summed E-state index contributed by atoms with van der Waals surface area (Å²) in [6.45, 7) is 1.66. The topological polar surface area (TPSA) is 58.8 Å². The van der Waals surface area contributed by atoms with Crippen molar-refractivity contribution in [1.29, 1.82) is 0 Å². The number of hydrogen-bond acceptors (Lipinski definition) is 4. The highest BCUT2D eigenvalue weighted by atomic mass is 19.1. The van der Waals surface area contributed by atoms with Crippen LogP contribution in [0.2, 0.25) is 0 Å². The van der Waals surface area contributed by atoms with Crippen molar-refractivity contribution in [3.8, 4) is 5.75 Å². The van der Waals surface area contributed by atoms with Crippen molar-refractivity contribution in [2.24, 2.45) is 0 Å². The Kier molecular flexibility index (Phi) is 3.78. The van der Waals surface area contributed by atoms with Crippen LogP contribution in [0.4, 0.5) is 15.8 Å². The van der Waals surface area contributed by atoms with Gasteiger partial charge in [0.15, 0.2) is 11.6 Å². The number of ether oxygens (including phenoxy) is 1. The van der Waals surface area contributed by atoms with Gasteiger partial charge in [-0.1, -0.05) is 0 Å². The largest absolute Gasteiger partial charge is 0.494 e. The van der Waals surface area contributed by atoms with Gasteiger partial charge in [0.05, 0.1) is 25.0 Å². The molecule has 1 aromatic carbocycles. The normalized spacial score (nSPS) is 16.5. The standard InChI is InChI=1S/C13H18FN3O2/c1-16-4-3-5-17(8-13(16)18)11-7-12(19-2)9(14)6-10(11)15/h6-7H,3-5,8,15H2,1-2H3. The highest BCUT2D eigenvalue weighted by Gasteiger charge is 2.21. The Bertz CT molecular complexity index is 493. The van der Waals surface area contributed by atoms with Crippen molar-refractivity contribution in [2.45, 2.75) is 6.42 Å². The fraction of sp³-hybridized carbons (Fsp3) is 0.462. The number of rotatable bonds is 2. The lowest BCUT2D eigenvalue weighted by Crippen LogP contribution is -2.34. The third kappa shape index (κ3) is 2.72. The number of hydrogen-bond donors (Lipinski definition) is 1. The minimum absolute atomic E-state index is 0.0280. The summed E-state index contributed by atoms with van der Waals surface area (Å²) in [6.07, 6.45) is 0.849. The van der Waals surface area contributed by atoms with Crippen LogP contribution in [0, 0.1) is 5.82 Å². The first-order chi connectivity index (χ1) is 9.02. The van der Waals surface area contributed by atoms with Crippen LogP contribution in [0.3, 0.4) is 0 Å². The number of nitrogens with two attached hydrogens (primary N) is 1. The molecule has 19 heavy (non-hydrogen) atoms. The minimum atomic E-state index is -0.498. The van der Waals surface area contributed by atoms with Gasteiger partial charge in [-0.15, -0.1) is 0 Å². The first-order valence-corrected chi connectivity index (χ1v) is 6.15. The first-order valence-electron chi connectivity index (χ1n) is 6.15. The third-order valence-corrected chi connectivity index (χ3v) is 3.32. The maximum Gasteiger partial charge on any atom is 0.241 e. The molecule has 0 radical (unpaired) electrons. The van der Waals surface area contributed by atoms with Crippen molar-refractivity contribution >= 4 is 17.3 Å². The Morgan fingerprint density at radius 1 is 1.37 bits per heavy atom. The number of halogens is 1. The average Bonchev–Trinajstić information content (AvgIpc) is 2.52. The van der Waals surface area contributed by atoms with Gasteiger partial charge in [-0.25, -0.2) is 4.39 Å². The molecule has 104 valence electrons. The molecule has 0 saturated carbocycles. The molecule has 1 amide bonds. The molecule has 1 fully saturated rings. The second kappa shape index (κ2) is 5.34. The number of methoxy groups -OCH3 is 1. The predicted molar refractivity (Wildman–Crippen MR) is 71.8 cm³/mol. The van der Waals surface area contributed by atoms with Crippen LogP contribution in [-0.2, 0) is 4.79 Å². The van der Waals surface area contributed by atoms with Crippen molar-refractivity contribution < 1.29 is 13.9 Å². The average molecular weight is 267 g/mol. The van der Waals surface area contributed by atoms with E-state index in [1.165, 1.54) is 13.2 Å². The predicted octanol–water partition coefficient (Wildman–Crippen LogP) is 1.08. The molecule has 1 aliphatic heterocycles. The van der Waals surface area contributed by atoms with Gasteiger partial charge in [-0.2, -0.15) is 0 Å². The molecular formula is C13H18FN3O2. The lowest BCUT2D eigenvalue weighted by Gasteiger charge is -2.24. The SMILES string of the molecule is COc1cc(N2CCCN(C)C(=O)C2)c(N)cc1F. The molecule has 1 aliphatic rings. The Morgan fingerprint density at radius 2 is 2.11 bits per heavy atom. The highest BCUT2D eigenvalue weighted by Crippen LogP contribution is 2.31. The summed E-state index contributed by atoms with van der Waals surface area (Å²) in [4.78, 5) is 15.4. The number of likely N-dealkylation sites (N-methyl/N-ethyl adjacent to an activating group) is 1. The molecular weight excluding hydrogens is 249 g/mol. The molecule has 1 heterocycles. The molecule has 2 N–H and O–H groups in total. The Labute approximate surface area is 111 Å². The van der Waals surface area contributed by atoms with E-state index < -0.39 is 5.82 Å². The molecule has 0 spiro atoms. The van der Waals surface area contributed by atoms with Crippen molar-refractivity contribution in [1.82, 2.24) is 4.90 Å². The molecule has 0 atom stereocenters. The number of carbonyl (C=O) groups excluding carboxylic acids is 1. The third-order valence-electron chi connectivity index (χ3n) is 3.32. The van der Waals surface area contributed by atoms with Crippen LogP contribution in [0.5, 0.6) is 5.75 Å². The van der Waals surface area contributed by atoms with E-state index in [2.05, 4.69) is 0 Å². The summed E-state index contributed by atoms with van der Waals surface area (Å²) < 4.78 is 18.5. The highest BCUT2D eigenvalue weighted by molar-refractivity contribution is 5.83. The van der Waals surface area contributed by atoms with E-state index in [9.17, 15) is 9.18 Å². The zero-order valence-corrected chi connectivity index (χ0v) is 11.1. The second-order valence-electron chi connectivity index (χ2n) is 4.64. The van der Waals surface area contributed by atoms with Gasteiger partial charge < -0.3 is 20.3 Å². The lowest BCUT2D eigenvalue weighted by atomic mass is 10.2. The van der Waals surface area contributed by atoms with Crippen LogP contribution < -0.4 is 15.4 Å². The van der Waals surface area contributed by atoms with Crippen LogP contribution in [-0.4, -0.2) is 44.6 Å². The maximum absolute atomic E-state index is 13.5. The van der Waals surface area contributed by atoms with Crippen molar-refractivity contribution in [3.63, 3.8) is 0 Å². The number of amides is 1. The Hall–Kier alpha value is -1.98. The van der Waals surface area contributed by atoms with Crippen LogP contribution in [0.1, 0.15) is 6.42 Å². The summed E-state index contributed by atoms with van der Waals surface area (Å²) in [5.74, 6) is -0.337. The summed E-state index contributed by atoms with van der Waals surface area (Å²) in [6, 6.07) is 2.77. The van der Waals surface area contributed by atoms with Crippen molar-refractivity contribution in [3.05, 3.63) is 17.9 Å². The van der Waals surface area contributed by atoms with E-state index in [1.807, 2.05) is 4.90 Å². The maximum atomic E-state index is 13.5. The van der Waals surface area contributed by atoms with Gasteiger partial charge in [0.2, 0.25) is 5.91 Å². The molecule has 1 aromatic rings. The zero-order chi connectivity index (χ0) is 14.0. The molecule has 2 rings (SSSR count). The summed E-state index contributed by atoms with van der Waals surface area (Å²) >= 11 is 0. The second-order valence-corrected chi connectivity index (χ2v) is 4.64. The quantitative estimate of drug-likeness (QED) is 0.815. The van der Waals surface area contributed by atoms with Gasteiger partial charge >= 0.3 is 0 Å². The first kappa shape index (κ1) is 13.5. The van der Waals surface area contributed by atoms with E-state index in [0.29, 0.717) is 24.5 Å². The van der Waals surface area contributed by atoms with Gasteiger partial charge in [-0.05, 0) is 6.42 Å². The fourth-order valence-corrected chi connectivity index (χ4v) is 2.18. The lowest BCUT2D eigenvalue weighted by molar-refractivity contribution is -0.127. The fourth-order valence-electron chi connectivity index (χ4n) is 2.18. The molecule has 6 heteroatoms. The monoisotopic (exact) mass is 267 g/mol. The molecule has 1 saturated heterocycles. The van der Waals surface area contributed by atoms with Crippen LogP contribution in [0.15, 0.2) is 12.1 Å². The Balaban J connectivity index is 2.32. The molecule has 0 aromatic heterocycles. The summed E-state index contributed by atoms with van der Waals surface area (Å²) in [5, 5.41) is 0. The molecule has 5 nitrogen and oxygen atoms in total. The molecule has 0 aliphatic carbocycles. The van der Waals surface area contributed by atoms with E-state index in [1.54, 1.807) is 18.0 Å². The van der Waals surface area contributed by atoms with E-state index in [-0.39, 0.29) is 18.2 Å².